The number of halogens is 2. The number of Topliss-reactive ketones (excluding diaryl/α,β-unsaturated/α-hetero) is 1. The lowest BCUT2D eigenvalue weighted by atomic mass is 9.79. The minimum absolute atomic E-state index is 0.0649. The van der Waals surface area contributed by atoms with Gasteiger partial charge in [0.1, 0.15) is 11.4 Å². The summed E-state index contributed by atoms with van der Waals surface area (Å²) < 4.78 is 16.5. The van der Waals surface area contributed by atoms with E-state index in [2.05, 4.69) is 20.3 Å². The Morgan fingerprint density at radius 3 is 2.92 bits per heavy atom. The molecule has 1 aromatic carbocycles. The molecule has 6 rings (SSSR count). The smallest absolute Gasteiger partial charge is 0.453 e. The van der Waals surface area contributed by atoms with E-state index in [0.29, 0.717) is 55.7 Å². The second kappa shape index (κ2) is 9.51. The topological polar surface area (TPSA) is 122 Å². The molecule has 0 saturated heterocycles. The summed E-state index contributed by atoms with van der Waals surface area (Å²) in [6, 6.07) is 7.12. The van der Waals surface area contributed by atoms with Crippen molar-refractivity contribution >= 4 is 63.6 Å². The Morgan fingerprint density at radius 1 is 1.24 bits per heavy atom. The zero-order valence-corrected chi connectivity index (χ0v) is 21.8. The van der Waals surface area contributed by atoms with Gasteiger partial charge in [0, 0.05) is 29.5 Å². The van der Waals surface area contributed by atoms with Gasteiger partial charge in [-0.05, 0) is 55.8 Å². The molecule has 0 amide bonds. The van der Waals surface area contributed by atoms with Crippen LogP contribution in [0.1, 0.15) is 43.4 Å². The van der Waals surface area contributed by atoms with Crippen LogP contribution in [0.4, 0.5) is 10.5 Å². The summed E-state index contributed by atoms with van der Waals surface area (Å²) in [5.41, 5.74) is 4.25. The van der Waals surface area contributed by atoms with Crippen LogP contribution >= 0.6 is 35.0 Å². The number of hydrogen-bond acceptors (Lipinski definition) is 8. The Labute approximate surface area is 224 Å². The van der Waals surface area contributed by atoms with Crippen LogP contribution in [0.2, 0.25) is 10.0 Å². The van der Waals surface area contributed by atoms with E-state index < -0.39 is 12.1 Å². The van der Waals surface area contributed by atoms with Gasteiger partial charge in [-0.3, -0.25) is 4.79 Å². The largest absolute Gasteiger partial charge is 0.515 e. The van der Waals surface area contributed by atoms with Crippen molar-refractivity contribution in [2.45, 2.75) is 42.4 Å². The molecule has 3 aromatic heterocycles. The number of nitrogens with zero attached hydrogens (tertiary/aromatic N) is 1. The van der Waals surface area contributed by atoms with Crippen LogP contribution in [0, 0.1) is 0 Å². The summed E-state index contributed by atoms with van der Waals surface area (Å²) in [7, 11) is 0. The molecule has 1 aliphatic carbocycles. The Morgan fingerprint density at radius 2 is 2.08 bits per heavy atom. The first-order chi connectivity index (χ1) is 17.9. The minimum atomic E-state index is -0.810. The molecule has 4 heterocycles. The number of fused-ring (bicyclic) bond motifs is 2. The summed E-state index contributed by atoms with van der Waals surface area (Å²) in [5.74, 6) is 0.424. The second-order valence-corrected chi connectivity index (χ2v) is 10.4. The molecular formula is C25H20Cl2N4O5S. The fraction of sp³-hybridized carbons (Fsp3) is 0.240. The highest BCUT2D eigenvalue weighted by molar-refractivity contribution is 7.99. The van der Waals surface area contributed by atoms with Crippen LogP contribution in [0.5, 0.6) is 5.88 Å². The predicted molar refractivity (Wildman–Crippen MR) is 139 cm³/mol. The zero-order chi connectivity index (χ0) is 25.7. The quantitative estimate of drug-likeness (QED) is 0.223. The van der Waals surface area contributed by atoms with Crippen LogP contribution in [-0.4, -0.2) is 33.5 Å². The first-order valence-electron chi connectivity index (χ1n) is 11.6. The van der Waals surface area contributed by atoms with Crippen molar-refractivity contribution in [2.24, 2.45) is 0 Å². The maximum Gasteiger partial charge on any atom is 0.515 e. The standard InChI is InChI=1S/C25H20Cl2N4O5S/c1-2-34-25(33)36-23-22-11(10-28-23)20(21-14(29-22)4-3-5-17(21)32)18-6-7-19(35-18)37-24-30-15-8-12(26)13(27)9-16(15)31-24/h6-10,20,28-29H,2-5H2,1H3,(H,30,31). The average molecular weight is 559 g/mol. The fourth-order valence-electron chi connectivity index (χ4n) is 4.69. The Hall–Kier alpha value is -3.34. The van der Waals surface area contributed by atoms with Crippen LogP contribution < -0.4 is 10.1 Å². The number of furan rings is 1. The number of carbonyl (C=O) groups is 2. The predicted octanol–water partition coefficient (Wildman–Crippen LogP) is 7.04. The number of rotatable bonds is 5. The van der Waals surface area contributed by atoms with Gasteiger partial charge in [-0.2, -0.15) is 0 Å². The third-order valence-corrected chi connectivity index (χ3v) is 7.77. The van der Waals surface area contributed by atoms with Gasteiger partial charge in [0.15, 0.2) is 16.0 Å². The Balaban J connectivity index is 1.34. The number of allylic oxidation sites excluding steroid dienone is 2. The van der Waals surface area contributed by atoms with Crippen LogP contribution in [0.25, 0.3) is 11.0 Å². The summed E-state index contributed by atoms with van der Waals surface area (Å²) in [4.78, 5) is 35.8. The molecule has 4 aromatic rings. The van der Waals surface area contributed by atoms with Crippen molar-refractivity contribution in [3.05, 3.63) is 63.1 Å². The van der Waals surface area contributed by atoms with Gasteiger partial charge in [0.2, 0.25) is 5.88 Å². The molecule has 0 radical (unpaired) electrons. The van der Waals surface area contributed by atoms with Gasteiger partial charge < -0.3 is 29.2 Å². The number of benzene rings is 1. The Kier molecular flexibility index (Phi) is 6.18. The molecule has 0 fully saturated rings. The molecule has 0 spiro atoms. The van der Waals surface area contributed by atoms with Crippen molar-refractivity contribution < 1.29 is 23.5 Å². The highest BCUT2D eigenvalue weighted by atomic mass is 35.5. The van der Waals surface area contributed by atoms with Crippen molar-refractivity contribution in [3.63, 3.8) is 0 Å². The van der Waals surface area contributed by atoms with Crippen LogP contribution in [0.15, 0.2) is 56.4 Å². The summed E-state index contributed by atoms with van der Waals surface area (Å²) >= 11 is 13.5. The van der Waals surface area contributed by atoms with Crippen LogP contribution in [0.3, 0.4) is 0 Å². The molecule has 12 heteroatoms. The number of imidazole rings is 1. The highest BCUT2D eigenvalue weighted by Crippen LogP contribution is 2.49. The third-order valence-electron chi connectivity index (χ3n) is 6.24. The zero-order valence-electron chi connectivity index (χ0n) is 19.4. The van der Waals surface area contributed by atoms with Crippen LogP contribution in [-0.2, 0) is 9.53 Å². The first kappa shape index (κ1) is 24.0. The van der Waals surface area contributed by atoms with Crippen molar-refractivity contribution in [1.29, 1.82) is 0 Å². The van der Waals surface area contributed by atoms with Gasteiger partial charge in [0.05, 0.1) is 33.6 Å². The van der Waals surface area contributed by atoms with E-state index in [4.69, 9.17) is 37.1 Å². The molecule has 1 aliphatic heterocycles. The van der Waals surface area contributed by atoms with Gasteiger partial charge in [-0.25, -0.2) is 9.78 Å². The second-order valence-electron chi connectivity index (χ2n) is 8.54. The molecule has 1 atom stereocenters. The van der Waals surface area contributed by atoms with Crippen molar-refractivity contribution in [2.75, 3.05) is 11.9 Å². The lowest BCUT2D eigenvalue weighted by Gasteiger charge is -2.31. The number of anilines is 1. The number of ether oxygens (including phenoxy) is 2. The maximum absolute atomic E-state index is 13.0. The van der Waals surface area contributed by atoms with Crippen molar-refractivity contribution in [1.82, 2.24) is 15.0 Å². The molecule has 37 heavy (non-hydrogen) atoms. The molecule has 2 aliphatic rings. The number of H-pyrrole nitrogens is 2. The van der Waals surface area contributed by atoms with E-state index in [1.165, 1.54) is 11.8 Å². The summed E-state index contributed by atoms with van der Waals surface area (Å²) in [6.45, 7) is 1.90. The maximum atomic E-state index is 13.0. The fourth-order valence-corrected chi connectivity index (χ4v) is 5.78. The number of carbonyl (C=O) groups excluding carboxylic acids is 2. The third kappa shape index (κ3) is 4.39. The minimum Gasteiger partial charge on any atom is -0.453 e. The van der Waals surface area contributed by atoms with Crippen molar-refractivity contribution in [3.8, 4) is 5.88 Å². The molecule has 0 saturated carbocycles. The number of aromatic nitrogens is 3. The SMILES string of the molecule is CCOC(=O)Oc1[nH]cc2c1NC1=C(C(=O)CCC1)C2c1ccc(Sc2nc3cc(Cl)c(Cl)cc3[nH]2)o1. The summed E-state index contributed by atoms with van der Waals surface area (Å²) in [5, 5.41) is 5.38. The van der Waals surface area contributed by atoms with E-state index in [-0.39, 0.29) is 18.3 Å². The van der Waals surface area contributed by atoms with Gasteiger partial charge in [-0.15, -0.1) is 0 Å². The van der Waals surface area contributed by atoms with E-state index >= 15 is 0 Å². The number of ketones is 1. The van der Waals surface area contributed by atoms with E-state index in [9.17, 15) is 9.59 Å². The molecular weight excluding hydrogens is 539 g/mol. The monoisotopic (exact) mass is 558 g/mol. The number of aromatic amines is 2. The lowest BCUT2D eigenvalue weighted by Crippen LogP contribution is -2.26. The van der Waals surface area contributed by atoms with Gasteiger partial charge >= 0.3 is 6.16 Å². The van der Waals surface area contributed by atoms with E-state index in [1.807, 2.05) is 12.1 Å². The number of nitrogens with one attached hydrogen (secondary N) is 3. The highest BCUT2D eigenvalue weighted by Gasteiger charge is 2.39. The first-order valence-corrected chi connectivity index (χ1v) is 13.2. The van der Waals surface area contributed by atoms with E-state index in [0.717, 1.165) is 23.2 Å². The van der Waals surface area contributed by atoms with Gasteiger partial charge in [0.25, 0.3) is 0 Å². The normalized spacial score (nSPS) is 16.9. The van der Waals surface area contributed by atoms with E-state index in [1.54, 1.807) is 25.3 Å². The average Bonchev–Trinajstić information content (AvgIpc) is 3.58. The summed E-state index contributed by atoms with van der Waals surface area (Å²) in [6.07, 6.45) is 2.82. The molecule has 1 unspecified atom stereocenters. The molecule has 9 nitrogen and oxygen atoms in total. The molecule has 0 bridgehead atoms. The number of hydrogen-bond donors (Lipinski definition) is 3. The molecule has 3 N–H and O–H groups in total. The van der Waals surface area contributed by atoms with Gasteiger partial charge in [-0.1, -0.05) is 23.2 Å². The molecule has 190 valence electrons. The Bertz CT molecular complexity index is 1550. The lowest BCUT2D eigenvalue weighted by molar-refractivity contribution is -0.116.